The van der Waals surface area contributed by atoms with Crippen molar-refractivity contribution in [3.8, 4) is 0 Å². The number of nitrogens with one attached hydrogen (secondary N) is 1. The normalized spacial score (nSPS) is 21.7. The summed E-state index contributed by atoms with van der Waals surface area (Å²) < 4.78 is 5.44. The van der Waals surface area contributed by atoms with E-state index < -0.39 is 0 Å². The maximum Gasteiger partial charge on any atom is 0.255 e. The lowest BCUT2D eigenvalue weighted by Crippen LogP contribution is -2.41. The highest BCUT2D eigenvalue weighted by atomic mass is 16.3. The van der Waals surface area contributed by atoms with E-state index in [9.17, 15) is 4.79 Å². The maximum absolute atomic E-state index is 12.5. The van der Waals surface area contributed by atoms with Gasteiger partial charge < -0.3 is 9.32 Å². The summed E-state index contributed by atoms with van der Waals surface area (Å²) in [6, 6.07) is 4.33. The first-order valence-corrected chi connectivity index (χ1v) is 8.84. The molecule has 1 N–H and O–H groups in total. The molecule has 1 fully saturated rings. The highest BCUT2D eigenvalue weighted by Crippen LogP contribution is 2.23. The molecule has 1 saturated heterocycles. The summed E-state index contributed by atoms with van der Waals surface area (Å²) >= 11 is 0. The zero-order valence-electron chi connectivity index (χ0n) is 14.1. The van der Waals surface area contributed by atoms with Crippen LogP contribution in [0.15, 0.2) is 27.6 Å². The van der Waals surface area contributed by atoms with E-state index in [1.165, 1.54) is 6.42 Å². The molecule has 2 aliphatic rings. The van der Waals surface area contributed by atoms with Crippen LogP contribution >= 0.6 is 0 Å². The molecule has 128 valence electrons. The van der Waals surface area contributed by atoms with Crippen LogP contribution in [0.2, 0.25) is 0 Å². The number of rotatable bonds is 3. The van der Waals surface area contributed by atoms with Crippen molar-refractivity contribution in [2.75, 3.05) is 18.0 Å². The molecule has 0 saturated carbocycles. The van der Waals surface area contributed by atoms with Crippen molar-refractivity contribution < 1.29 is 4.42 Å². The number of hydrogen-bond donors (Lipinski definition) is 1. The van der Waals surface area contributed by atoms with E-state index >= 15 is 0 Å². The van der Waals surface area contributed by atoms with Gasteiger partial charge in [0.2, 0.25) is 5.95 Å². The van der Waals surface area contributed by atoms with Crippen LogP contribution in [-0.2, 0) is 19.5 Å². The van der Waals surface area contributed by atoms with Gasteiger partial charge in [-0.05, 0) is 44.7 Å². The third-order valence-electron chi connectivity index (χ3n) is 5.17. The van der Waals surface area contributed by atoms with Gasteiger partial charge >= 0.3 is 0 Å². The van der Waals surface area contributed by atoms with Gasteiger partial charge in [-0.25, -0.2) is 4.98 Å². The number of aromatic amines is 1. The molecule has 2 aliphatic heterocycles. The minimum atomic E-state index is 0.0328. The monoisotopic (exact) mass is 328 g/mol. The molecule has 2 aromatic rings. The van der Waals surface area contributed by atoms with Crippen molar-refractivity contribution in [2.24, 2.45) is 0 Å². The molecule has 0 bridgehead atoms. The summed E-state index contributed by atoms with van der Waals surface area (Å²) in [7, 11) is 0. The van der Waals surface area contributed by atoms with E-state index in [1.54, 1.807) is 6.26 Å². The van der Waals surface area contributed by atoms with Crippen LogP contribution in [0.3, 0.4) is 0 Å². The minimum Gasteiger partial charge on any atom is -0.468 e. The van der Waals surface area contributed by atoms with Crippen molar-refractivity contribution in [3.05, 3.63) is 45.8 Å². The van der Waals surface area contributed by atoms with Crippen LogP contribution in [0.5, 0.6) is 0 Å². The van der Waals surface area contributed by atoms with Gasteiger partial charge in [-0.3, -0.25) is 14.7 Å². The van der Waals surface area contributed by atoms with E-state index in [-0.39, 0.29) is 5.56 Å². The summed E-state index contributed by atoms with van der Waals surface area (Å²) in [5.74, 6) is 1.69. The van der Waals surface area contributed by atoms with Gasteiger partial charge in [0.15, 0.2) is 0 Å². The standard InChI is InChI=1S/C18H24N4O2/c1-13-5-2-3-8-22(13)18-19-16-12-21(11-14-6-4-10-24-14)9-7-15(16)17(23)20-18/h4,6,10,13H,2-3,5,7-9,11-12H2,1H3,(H,19,20,23)/t13-/m0/s1. The van der Waals surface area contributed by atoms with Crippen LogP contribution < -0.4 is 10.5 Å². The zero-order chi connectivity index (χ0) is 16.5. The number of nitrogens with zero attached hydrogens (tertiary/aromatic N) is 3. The van der Waals surface area contributed by atoms with Gasteiger partial charge in [0.05, 0.1) is 18.5 Å². The summed E-state index contributed by atoms with van der Waals surface area (Å²) in [6.45, 7) is 5.50. The van der Waals surface area contributed by atoms with Crippen molar-refractivity contribution in [1.29, 1.82) is 0 Å². The molecule has 0 amide bonds. The van der Waals surface area contributed by atoms with Crippen molar-refractivity contribution in [3.63, 3.8) is 0 Å². The molecule has 6 heteroatoms. The fraction of sp³-hybridized carbons (Fsp3) is 0.556. The summed E-state index contributed by atoms with van der Waals surface area (Å²) in [5.41, 5.74) is 1.80. The third-order valence-corrected chi connectivity index (χ3v) is 5.17. The quantitative estimate of drug-likeness (QED) is 0.936. The number of fused-ring (bicyclic) bond motifs is 1. The van der Waals surface area contributed by atoms with Crippen molar-refractivity contribution in [1.82, 2.24) is 14.9 Å². The number of aromatic nitrogens is 2. The Morgan fingerprint density at radius 1 is 1.38 bits per heavy atom. The molecule has 2 aromatic heterocycles. The molecule has 1 atom stereocenters. The first kappa shape index (κ1) is 15.4. The molecule has 6 nitrogen and oxygen atoms in total. The molecule has 24 heavy (non-hydrogen) atoms. The Morgan fingerprint density at radius 2 is 2.29 bits per heavy atom. The van der Waals surface area contributed by atoms with Gasteiger partial charge in [-0.15, -0.1) is 0 Å². The largest absolute Gasteiger partial charge is 0.468 e. The highest BCUT2D eigenvalue weighted by Gasteiger charge is 2.25. The Balaban J connectivity index is 1.58. The topological polar surface area (TPSA) is 65.4 Å². The van der Waals surface area contributed by atoms with Crippen molar-refractivity contribution >= 4 is 5.95 Å². The Labute approximate surface area is 141 Å². The summed E-state index contributed by atoms with van der Waals surface area (Å²) in [4.78, 5) is 24.9. The smallest absolute Gasteiger partial charge is 0.255 e. The Morgan fingerprint density at radius 3 is 3.08 bits per heavy atom. The van der Waals surface area contributed by atoms with E-state index in [1.807, 2.05) is 12.1 Å². The Kier molecular flexibility index (Phi) is 4.14. The Bertz CT molecular complexity index is 753. The number of H-pyrrole nitrogens is 1. The van der Waals surface area contributed by atoms with Gasteiger partial charge in [-0.2, -0.15) is 0 Å². The van der Waals surface area contributed by atoms with E-state index in [0.29, 0.717) is 12.6 Å². The second-order valence-corrected chi connectivity index (χ2v) is 6.89. The number of hydrogen-bond acceptors (Lipinski definition) is 5. The maximum atomic E-state index is 12.5. The van der Waals surface area contributed by atoms with E-state index in [4.69, 9.17) is 9.40 Å². The molecule has 0 unspecified atom stereocenters. The van der Waals surface area contributed by atoms with Crippen LogP contribution in [0.1, 0.15) is 43.2 Å². The third kappa shape index (κ3) is 2.98. The first-order valence-electron chi connectivity index (χ1n) is 8.84. The average Bonchev–Trinajstić information content (AvgIpc) is 3.08. The van der Waals surface area contributed by atoms with Gasteiger partial charge in [0.25, 0.3) is 5.56 Å². The van der Waals surface area contributed by atoms with Gasteiger partial charge in [0, 0.05) is 31.2 Å². The van der Waals surface area contributed by atoms with E-state index in [2.05, 4.69) is 21.7 Å². The molecule has 4 rings (SSSR count). The lowest BCUT2D eigenvalue weighted by molar-refractivity contribution is 0.221. The second-order valence-electron chi connectivity index (χ2n) is 6.89. The molecular formula is C18H24N4O2. The molecule has 0 radical (unpaired) electrons. The van der Waals surface area contributed by atoms with Crippen LogP contribution in [-0.4, -0.2) is 34.0 Å². The average molecular weight is 328 g/mol. The molecule has 4 heterocycles. The molecule has 0 spiro atoms. The van der Waals surface area contributed by atoms with Crippen LogP contribution in [0, 0.1) is 0 Å². The van der Waals surface area contributed by atoms with Gasteiger partial charge in [0.1, 0.15) is 5.76 Å². The summed E-state index contributed by atoms with van der Waals surface area (Å²) in [6.07, 6.45) is 6.02. The fourth-order valence-corrected chi connectivity index (χ4v) is 3.79. The Hall–Kier alpha value is -2.08. The number of furan rings is 1. The predicted octanol–water partition coefficient (Wildman–Crippen LogP) is 2.30. The first-order chi connectivity index (χ1) is 11.7. The zero-order valence-corrected chi connectivity index (χ0v) is 14.1. The van der Waals surface area contributed by atoms with Crippen LogP contribution in [0.4, 0.5) is 5.95 Å². The number of piperidine rings is 1. The molecule has 0 aromatic carbocycles. The highest BCUT2D eigenvalue weighted by molar-refractivity contribution is 5.36. The lowest BCUT2D eigenvalue weighted by atomic mass is 10.0. The summed E-state index contributed by atoms with van der Waals surface area (Å²) in [5, 5.41) is 0. The van der Waals surface area contributed by atoms with Crippen molar-refractivity contribution in [2.45, 2.75) is 51.7 Å². The molecular weight excluding hydrogens is 304 g/mol. The van der Waals surface area contributed by atoms with Gasteiger partial charge in [-0.1, -0.05) is 0 Å². The SMILES string of the molecule is C[C@H]1CCCCN1c1nc2c(c(=O)[nH]1)CCN(Cc1ccco1)C2. The second kappa shape index (κ2) is 6.43. The van der Waals surface area contributed by atoms with Crippen LogP contribution in [0.25, 0.3) is 0 Å². The predicted molar refractivity (Wildman–Crippen MR) is 92.0 cm³/mol. The van der Waals surface area contributed by atoms with E-state index in [0.717, 1.165) is 61.9 Å². The molecule has 0 aliphatic carbocycles. The number of anilines is 1. The minimum absolute atomic E-state index is 0.0328. The fourth-order valence-electron chi connectivity index (χ4n) is 3.79. The lowest BCUT2D eigenvalue weighted by Gasteiger charge is -2.35.